The molecule has 17 heavy (non-hydrogen) atoms. The summed E-state index contributed by atoms with van der Waals surface area (Å²) >= 11 is -3.90. The van der Waals surface area contributed by atoms with Gasteiger partial charge in [0.1, 0.15) is 0 Å². The van der Waals surface area contributed by atoms with Gasteiger partial charge in [-0.2, -0.15) is 0 Å². The van der Waals surface area contributed by atoms with Crippen LogP contribution in [0.4, 0.5) is 13.2 Å². The standard InChI is InChI=1S/C6H12NO3.C3H4F3.Sn/c8-4-1-7(2-5-9)3-6-10;1-2-3(4,5)6;/h1-6H2;1-2H2;/q-3;;+3. The summed E-state index contributed by atoms with van der Waals surface area (Å²) < 4.78 is 53.4. The van der Waals surface area contributed by atoms with E-state index in [-0.39, 0.29) is 4.44 Å². The van der Waals surface area contributed by atoms with Crippen LogP contribution in [0.15, 0.2) is 0 Å². The predicted octanol–water partition coefficient (Wildman–Crippen LogP) is 1.26. The van der Waals surface area contributed by atoms with E-state index in [1.807, 2.05) is 0 Å². The van der Waals surface area contributed by atoms with E-state index >= 15 is 0 Å². The number of rotatable bonds is 2. The number of hydrogen-bond donors (Lipinski definition) is 0. The summed E-state index contributed by atoms with van der Waals surface area (Å²) in [6.45, 7) is 3.56. The molecule has 3 aliphatic heterocycles. The third kappa shape index (κ3) is 4.23. The summed E-state index contributed by atoms with van der Waals surface area (Å²) in [4.78, 5) is 2.14. The van der Waals surface area contributed by atoms with Crippen molar-refractivity contribution >= 4 is 19.6 Å². The van der Waals surface area contributed by atoms with E-state index in [2.05, 4.69) is 4.90 Å². The summed E-state index contributed by atoms with van der Waals surface area (Å²) in [5.74, 6) is 0. The van der Waals surface area contributed by atoms with Crippen LogP contribution in [0.5, 0.6) is 0 Å². The predicted molar refractivity (Wildman–Crippen MR) is 55.5 cm³/mol. The molecule has 0 aromatic carbocycles. The summed E-state index contributed by atoms with van der Waals surface area (Å²) in [6, 6.07) is 0. The van der Waals surface area contributed by atoms with Crippen LogP contribution >= 0.6 is 0 Å². The summed E-state index contributed by atoms with van der Waals surface area (Å²) in [7, 11) is 0. The average Bonchev–Trinajstić information content (AvgIpc) is 2.12. The Labute approximate surface area is 104 Å². The molecule has 0 aliphatic carbocycles. The van der Waals surface area contributed by atoms with Crippen molar-refractivity contribution in [1.82, 2.24) is 4.90 Å². The average molecular weight is 362 g/mol. The molecule has 0 N–H and O–H groups in total. The van der Waals surface area contributed by atoms with Crippen LogP contribution in [-0.4, -0.2) is 70.2 Å². The molecule has 4 nitrogen and oxygen atoms in total. The van der Waals surface area contributed by atoms with Crippen molar-refractivity contribution in [2.75, 3.05) is 39.5 Å². The molecule has 3 saturated heterocycles. The van der Waals surface area contributed by atoms with E-state index in [4.69, 9.17) is 9.22 Å². The van der Waals surface area contributed by atoms with Gasteiger partial charge in [-0.25, -0.2) is 0 Å². The molecule has 0 unspecified atom stereocenters. The van der Waals surface area contributed by atoms with Gasteiger partial charge in [0.2, 0.25) is 0 Å². The van der Waals surface area contributed by atoms with Gasteiger partial charge >= 0.3 is 103 Å². The van der Waals surface area contributed by atoms with Crippen LogP contribution in [0.1, 0.15) is 6.42 Å². The Morgan fingerprint density at radius 2 is 1.41 bits per heavy atom. The van der Waals surface area contributed by atoms with Crippen LogP contribution < -0.4 is 0 Å². The molecular formula is C9H16F3NO3Sn. The molecule has 0 amide bonds. The summed E-state index contributed by atoms with van der Waals surface area (Å²) in [5, 5.41) is 0. The fraction of sp³-hybridized carbons (Fsp3) is 1.00. The number of hydrogen-bond acceptors (Lipinski definition) is 4. The zero-order valence-corrected chi connectivity index (χ0v) is 12.3. The molecule has 0 radical (unpaired) electrons. The Morgan fingerprint density at radius 1 is 0.941 bits per heavy atom. The maximum atomic E-state index is 12.3. The van der Waals surface area contributed by atoms with Crippen LogP contribution in [0.2, 0.25) is 4.44 Å². The van der Waals surface area contributed by atoms with Gasteiger partial charge in [0.05, 0.1) is 0 Å². The molecule has 0 spiro atoms. The molecule has 0 atom stereocenters. The van der Waals surface area contributed by atoms with Crippen LogP contribution in [-0.2, 0) is 9.22 Å². The van der Waals surface area contributed by atoms with E-state index in [0.717, 1.165) is 19.6 Å². The fourth-order valence-corrected chi connectivity index (χ4v) is 9.04. The number of alkyl halides is 3. The first-order valence-electron chi connectivity index (χ1n) is 5.70. The number of fused-ring (bicyclic) bond motifs is 6. The molecule has 100 valence electrons. The van der Waals surface area contributed by atoms with Crippen molar-refractivity contribution in [3.05, 3.63) is 0 Å². The monoisotopic (exact) mass is 363 g/mol. The Balaban J connectivity index is 1.98. The van der Waals surface area contributed by atoms with E-state index in [1.165, 1.54) is 0 Å². The Kier molecular flexibility index (Phi) is 4.56. The molecule has 2 bridgehead atoms. The second-order valence-corrected chi connectivity index (χ2v) is 12.0. The van der Waals surface area contributed by atoms with Gasteiger partial charge in [0, 0.05) is 0 Å². The van der Waals surface area contributed by atoms with E-state index < -0.39 is 32.2 Å². The maximum absolute atomic E-state index is 12.3. The van der Waals surface area contributed by atoms with Gasteiger partial charge < -0.3 is 0 Å². The first-order valence-corrected chi connectivity index (χ1v) is 11.2. The van der Waals surface area contributed by atoms with Crippen molar-refractivity contribution < 1.29 is 22.4 Å². The third-order valence-corrected chi connectivity index (χ3v) is 10.9. The summed E-state index contributed by atoms with van der Waals surface area (Å²) in [6.07, 6.45) is -5.04. The van der Waals surface area contributed by atoms with Gasteiger partial charge in [-0.05, 0) is 0 Å². The first-order chi connectivity index (χ1) is 7.99. The molecule has 0 aromatic rings. The minimum atomic E-state index is -4.17. The molecule has 3 aliphatic rings. The fourth-order valence-electron chi connectivity index (χ4n) is 1.96. The van der Waals surface area contributed by atoms with E-state index in [9.17, 15) is 13.2 Å². The molecular weight excluding hydrogens is 346 g/mol. The zero-order valence-electron chi connectivity index (χ0n) is 9.46. The van der Waals surface area contributed by atoms with E-state index in [1.54, 1.807) is 0 Å². The van der Waals surface area contributed by atoms with Gasteiger partial charge in [-0.3, -0.25) is 0 Å². The van der Waals surface area contributed by atoms with Crippen molar-refractivity contribution in [3.63, 3.8) is 0 Å². The quantitative estimate of drug-likeness (QED) is 0.693. The number of halogens is 3. The van der Waals surface area contributed by atoms with E-state index in [0.29, 0.717) is 19.8 Å². The van der Waals surface area contributed by atoms with Gasteiger partial charge in [-0.1, -0.05) is 0 Å². The van der Waals surface area contributed by atoms with Gasteiger partial charge in [-0.15, -0.1) is 0 Å². The molecule has 0 aromatic heterocycles. The Bertz CT molecular complexity index is 238. The molecule has 8 heteroatoms. The van der Waals surface area contributed by atoms with Crippen LogP contribution in [0.3, 0.4) is 0 Å². The topological polar surface area (TPSA) is 30.9 Å². The SMILES string of the molecule is FC(F)(F)C[CH2][Sn]12[O]CCN(CC[O]1)CC[O]2. The normalized spacial score (nSPS) is 35.1. The van der Waals surface area contributed by atoms with Gasteiger partial charge in [0.25, 0.3) is 0 Å². The van der Waals surface area contributed by atoms with Crippen molar-refractivity contribution in [3.8, 4) is 0 Å². The second-order valence-electron chi connectivity index (χ2n) is 4.19. The Hall–Kier alpha value is 0.429. The minimum absolute atomic E-state index is 0.0990. The van der Waals surface area contributed by atoms with Crippen LogP contribution in [0.25, 0.3) is 0 Å². The Morgan fingerprint density at radius 3 is 1.82 bits per heavy atom. The third-order valence-electron chi connectivity index (χ3n) is 2.90. The molecule has 3 heterocycles. The molecule has 3 rings (SSSR count). The van der Waals surface area contributed by atoms with Crippen molar-refractivity contribution in [2.24, 2.45) is 0 Å². The van der Waals surface area contributed by atoms with Crippen LogP contribution in [0, 0.1) is 0 Å². The molecule has 3 fully saturated rings. The zero-order chi connectivity index (χ0) is 12.4. The van der Waals surface area contributed by atoms with Crippen molar-refractivity contribution in [1.29, 1.82) is 0 Å². The van der Waals surface area contributed by atoms with Gasteiger partial charge in [0.15, 0.2) is 0 Å². The first kappa shape index (κ1) is 13.9. The van der Waals surface area contributed by atoms with Crippen molar-refractivity contribution in [2.45, 2.75) is 17.0 Å². The second kappa shape index (κ2) is 5.60. The summed E-state index contributed by atoms with van der Waals surface area (Å²) in [5.41, 5.74) is 0. The molecule has 0 saturated carbocycles. The number of nitrogens with zero attached hydrogens (tertiary/aromatic N) is 1.